The fourth-order valence-electron chi connectivity index (χ4n) is 2.11. The van der Waals surface area contributed by atoms with Crippen LogP contribution in [0.1, 0.15) is 33.6 Å². The van der Waals surface area contributed by atoms with Gasteiger partial charge in [-0.3, -0.25) is 9.78 Å². The Bertz CT molecular complexity index is 603. The Kier molecular flexibility index (Phi) is 3.82. The molecular weight excluding hydrogens is 260 g/mol. The topological polar surface area (TPSA) is 105 Å². The Morgan fingerprint density at radius 3 is 2.85 bits per heavy atom. The summed E-state index contributed by atoms with van der Waals surface area (Å²) in [6.07, 6.45) is 3.86. The van der Waals surface area contributed by atoms with Gasteiger partial charge in [0.15, 0.2) is 11.5 Å². The Labute approximate surface area is 116 Å². The molecule has 1 atom stereocenters. The minimum Gasteiger partial charge on any atom is -0.481 e. The fraction of sp³-hybridized carbons (Fsp3) is 0.583. The smallest absolute Gasteiger partial charge is 0.305 e. The molecule has 2 aromatic rings. The molecule has 0 fully saturated rings. The summed E-state index contributed by atoms with van der Waals surface area (Å²) in [6.45, 7) is 6.21. The molecule has 2 N–H and O–H groups in total. The van der Waals surface area contributed by atoms with Gasteiger partial charge in [-0.15, -0.1) is 5.10 Å². The number of fused-ring (bicyclic) bond motifs is 1. The first-order valence-electron chi connectivity index (χ1n) is 6.35. The number of nitrogens with zero attached hydrogens (tertiary/aromatic N) is 5. The first-order valence-corrected chi connectivity index (χ1v) is 6.35. The SMILES string of the molecule is CC(C)(C)CC(CC(=O)O)Nc1cncc2nnnn12. The number of carboxylic acids is 1. The molecule has 0 aromatic carbocycles. The Hall–Kier alpha value is -2.25. The van der Waals surface area contributed by atoms with Gasteiger partial charge in [0, 0.05) is 6.04 Å². The largest absolute Gasteiger partial charge is 0.481 e. The minimum absolute atomic E-state index is 0.00899. The summed E-state index contributed by atoms with van der Waals surface area (Å²) in [5.41, 5.74) is 0.523. The van der Waals surface area contributed by atoms with Gasteiger partial charge in [-0.05, 0) is 22.3 Å². The van der Waals surface area contributed by atoms with Gasteiger partial charge >= 0.3 is 5.97 Å². The van der Waals surface area contributed by atoms with Gasteiger partial charge in [0.1, 0.15) is 0 Å². The van der Waals surface area contributed by atoms with E-state index in [1.54, 1.807) is 12.4 Å². The molecular formula is C12H18N6O2. The van der Waals surface area contributed by atoms with E-state index in [0.29, 0.717) is 17.9 Å². The highest BCUT2D eigenvalue weighted by atomic mass is 16.4. The molecule has 0 bridgehead atoms. The van der Waals surface area contributed by atoms with Crippen LogP contribution in [0.5, 0.6) is 0 Å². The first kappa shape index (κ1) is 14.2. The molecule has 8 nitrogen and oxygen atoms in total. The molecule has 0 aliphatic carbocycles. The van der Waals surface area contributed by atoms with E-state index in [-0.39, 0.29) is 17.9 Å². The first-order chi connectivity index (χ1) is 9.35. The van der Waals surface area contributed by atoms with Crippen LogP contribution in [0.3, 0.4) is 0 Å². The van der Waals surface area contributed by atoms with Crippen LogP contribution in [0.25, 0.3) is 5.65 Å². The maximum atomic E-state index is 11.0. The maximum absolute atomic E-state index is 11.0. The van der Waals surface area contributed by atoms with E-state index in [2.05, 4.69) is 46.6 Å². The fourth-order valence-corrected chi connectivity index (χ4v) is 2.11. The average Bonchev–Trinajstić information content (AvgIpc) is 2.74. The molecule has 0 saturated heterocycles. The van der Waals surface area contributed by atoms with E-state index in [0.717, 1.165) is 0 Å². The number of rotatable bonds is 5. The molecule has 2 heterocycles. The van der Waals surface area contributed by atoms with E-state index in [9.17, 15) is 4.79 Å². The van der Waals surface area contributed by atoms with Crippen LogP contribution in [0.15, 0.2) is 12.4 Å². The lowest BCUT2D eigenvalue weighted by Gasteiger charge is -2.26. The lowest BCUT2D eigenvalue weighted by Crippen LogP contribution is -2.29. The van der Waals surface area contributed by atoms with Crippen LogP contribution in [-0.2, 0) is 4.79 Å². The number of hydrogen-bond donors (Lipinski definition) is 2. The van der Waals surface area contributed by atoms with Crippen molar-refractivity contribution in [1.29, 1.82) is 0 Å². The molecule has 8 heteroatoms. The molecule has 0 amide bonds. The second kappa shape index (κ2) is 5.40. The van der Waals surface area contributed by atoms with Crippen molar-refractivity contribution >= 4 is 17.4 Å². The normalized spacial score (nSPS) is 13.3. The third kappa shape index (κ3) is 3.62. The molecule has 2 aromatic heterocycles. The highest BCUT2D eigenvalue weighted by molar-refractivity contribution is 5.68. The van der Waals surface area contributed by atoms with Gasteiger partial charge in [-0.1, -0.05) is 20.8 Å². The van der Waals surface area contributed by atoms with Gasteiger partial charge in [0.2, 0.25) is 0 Å². The average molecular weight is 278 g/mol. The lowest BCUT2D eigenvalue weighted by atomic mass is 9.87. The standard InChI is InChI=1S/C12H18N6O2/c1-12(2,3)5-8(4-11(19)20)14-9-6-13-7-10-15-16-17-18(9)10/h6-8,14H,4-5H2,1-3H3,(H,19,20). The molecule has 0 aliphatic rings. The molecule has 0 spiro atoms. The zero-order valence-corrected chi connectivity index (χ0v) is 11.7. The number of aliphatic carboxylic acids is 1. The van der Waals surface area contributed by atoms with Crippen molar-refractivity contribution in [1.82, 2.24) is 25.0 Å². The number of aromatic nitrogens is 5. The monoisotopic (exact) mass is 278 g/mol. The van der Waals surface area contributed by atoms with Crippen LogP contribution in [0, 0.1) is 5.41 Å². The van der Waals surface area contributed by atoms with Crippen molar-refractivity contribution in [2.45, 2.75) is 39.7 Å². The van der Waals surface area contributed by atoms with Gasteiger partial charge in [-0.2, -0.15) is 4.52 Å². The van der Waals surface area contributed by atoms with Crippen LogP contribution in [-0.4, -0.2) is 42.1 Å². The molecule has 2 rings (SSSR count). The van der Waals surface area contributed by atoms with E-state index >= 15 is 0 Å². The molecule has 108 valence electrons. The summed E-state index contributed by atoms with van der Waals surface area (Å²) in [5.74, 6) is -0.258. The van der Waals surface area contributed by atoms with Crippen LogP contribution < -0.4 is 5.32 Å². The van der Waals surface area contributed by atoms with E-state index in [4.69, 9.17) is 5.11 Å². The predicted octanol–water partition coefficient (Wildman–Crippen LogP) is 1.21. The number of tetrazole rings is 1. The predicted molar refractivity (Wildman–Crippen MR) is 72.3 cm³/mol. The quantitative estimate of drug-likeness (QED) is 0.846. The van der Waals surface area contributed by atoms with Crippen molar-refractivity contribution in [2.24, 2.45) is 5.41 Å². The minimum atomic E-state index is -0.844. The van der Waals surface area contributed by atoms with E-state index < -0.39 is 5.97 Å². The summed E-state index contributed by atoms with van der Waals surface area (Å²) in [7, 11) is 0. The number of anilines is 1. The van der Waals surface area contributed by atoms with E-state index in [1.165, 1.54) is 4.52 Å². The van der Waals surface area contributed by atoms with Crippen LogP contribution in [0.2, 0.25) is 0 Å². The Morgan fingerprint density at radius 1 is 1.45 bits per heavy atom. The third-order valence-corrected chi connectivity index (χ3v) is 2.74. The molecule has 1 unspecified atom stereocenters. The van der Waals surface area contributed by atoms with Crippen molar-refractivity contribution in [3.8, 4) is 0 Å². The zero-order valence-electron chi connectivity index (χ0n) is 11.7. The third-order valence-electron chi connectivity index (χ3n) is 2.74. The Balaban J connectivity index is 2.22. The highest BCUT2D eigenvalue weighted by Crippen LogP contribution is 2.24. The van der Waals surface area contributed by atoms with Crippen LogP contribution in [0.4, 0.5) is 5.82 Å². The second-order valence-corrected chi connectivity index (χ2v) is 5.95. The number of carbonyl (C=O) groups is 1. The summed E-state index contributed by atoms with van der Waals surface area (Å²) >= 11 is 0. The Morgan fingerprint density at radius 2 is 2.20 bits per heavy atom. The summed E-state index contributed by atoms with van der Waals surface area (Å²) in [6, 6.07) is -0.218. The van der Waals surface area contributed by atoms with E-state index in [1.807, 2.05) is 0 Å². The van der Waals surface area contributed by atoms with Crippen LogP contribution >= 0.6 is 0 Å². The van der Waals surface area contributed by atoms with Crippen molar-refractivity contribution < 1.29 is 9.90 Å². The molecule has 20 heavy (non-hydrogen) atoms. The number of hydrogen-bond acceptors (Lipinski definition) is 6. The highest BCUT2D eigenvalue weighted by Gasteiger charge is 2.22. The van der Waals surface area contributed by atoms with Gasteiger partial charge in [0.25, 0.3) is 0 Å². The van der Waals surface area contributed by atoms with Crippen molar-refractivity contribution in [2.75, 3.05) is 5.32 Å². The van der Waals surface area contributed by atoms with Crippen molar-refractivity contribution in [3.63, 3.8) is 0 Å². The maximum Gasteiger partial charge on any atom is 0.305 e. The van der Waals surface area contributed by atoms with Gasteiger partial charge < -0.3 is 10.4 Å². The summed E-state index contributed by atoms with van der Waals surface area (Å²) in [4.78, 5) is 15.0. The molecule has 0 aliphatic heterocycles. The summed E-state index contributed by atoms with van der Waals surface area (Å²) < 4.78 is 1.50. The number of nitrogens with one attached hydrogen (secondary N) is 1. The van der Waals surface area contributed by atoms with Gasteiger partial charge in [0.05, 0.1) is 18.8 Å². The van der Waals surface area contributed by atoms with Gasteiger partial charge in [-0.25, -0.2) is 0 Å². The second-order valence-electron chi connectivity index (χ2n) is 5.95. The number of carboxylic acid groups (broad SMARTS) is 1. The van der Waals surface area contributed by atoms with Crippen molar-refractivity contribution in [3.05, 3.63) is 12.4 Å². The molecule has 0 saturated carbocycles. The molecule has 0 radical (unpaired) electrons. The lowest BCUT2D eigenvalue weighted by molar-refractivity contribution is -0.137. The summed E-state index contributed by atoms with van der Waals surface area (Å²) in [5, 5.41) is 23.4. The zero-order chi connectivity index (χ0) is 14.8.